The van der Waals surface area contributed by atoms with Crippen molar-refractivity contribution in [3.05, 3.63) is 29.8 Å². The highest BCUT2D eigenvalue weighted by Gasteiger charge is 2.20. The van der Waals surface area contributed by atoms with Crippen molar-refractivity contribution in [2.45, 2.75) is 6.54 Å². The van der Waals surface area contributed by atoms with E-state index in [2.05, 4.69) is 22.3 Å². The molecule has 0 unspecified atom stereocenters. The van der Waals surface area contributed by atoms with E-state index in [9.17, 15) is 4.79 Å². The van der Waals surface area contributed by atoms with Gasteiger partial charge >= 0.3 is 6.03 Å². The van der Waals surface area contributed by atoms with Gasteiger partial charge in [0.15, 0.2) is 0 Å². The lowest BCUT2D eigenvalue weighted by molar-refractivity contribution is 0.132. The monoisotopic (exact) mass is 307 g/mol. The van der Waals surface area contributed by atoms with Crippen molar-refractivity contribution in [3.63, 3.8) is 0 Å². The summed E-state index contributed by atoms with van der Waals surface area (Å²) < 4.78 is 10.1. The lowest BCUT2D eigenvalue weighted by Gasteiger charge is -2.34. The third-order valence-electron chi connectivity index (χ3n) is 3.81. The second-order valence-electron chi connectivity index (χ2n) is 5.34. The first-order valence-electron chi connectivity index (χ1n) is 7.60. The minimum Gasteiger partial charge on any atom is -0.497 e. The lowest BCUT2D eigenvalue weighted by atomic mass is 10.2. The number of carbonyl (C=O) groups is 1. The average molecular weight is 307 g/mol. The van der Waals surface area contributed by atoms with E-state index >= 15 is 0 Å². The Labute approximate surface area is 132 Å². The van der Waals surface area contributed by atoms with Gasteiger partial charge in [-0.15, -0.1) is 0 Å². The predicted molar refractivity (Wildman–Crippen MR) is 85.1 cm³/mol. The summed E-state index contributed by atoms with van der Waals surface area (Å²) in [6.45, 7) is 5.31. The number of ether oxygens (including phenoxy) is 2. The molecule has 1 N–H and O–H groups in total. The molecular formula is C16H25N3O3. The zero-order valence-electron chi connectivity index (χ0n) is 13.4. The predicted octanol–water partition coefficient (Wildman–Crippen LogP) is 1.17. The highest BCUT2D eigenvalue weighted by atomic mass is 16.5. The van der Waals surface area contributed by atoms with Crippen LogP contribution in [-0.2, 0) is 11.3 Å². The Morgan fingerprint density at radius 2 is 1.82 bits per heavy atom. The molecule has 1 heterocycles. The van der Waals surface area contributed by atoms with Crippen LogP contribution in [0.25, 0.3) is 0 Å². The van der Waals surface area contributed by atoms with Gasteiger partial charge in [-0.05, 0) is 17.7 Å². The van der Waals surface area contributed by atoms with Gasteiger partial charge in [-0.2, -0.15) is 0 Å². The van der Waals surface area contributed by atoms with Gasteiger partial charge in [-0.25, -0.2) is 4.79 Å². The van der Waals surface area contributed by atoms with E-state index in [0.717, 1.165) is 38.5 Å². The van der Waals surface area contributed by atoms with Gasteiger partial charge in [-0.3, -0.25) is 4.90 Å². The Hall–Kier alpha value is -1.79. The summed E-state index contributed by atoms with van der Waals surface area (Å²) in [6, 6.07) is 8.13. The fraction of sp³-hybridized carbons (Fsp3) is 0.562. The van der Waals surface area contributed by atoms with E-state index in [1.807, 2.05) is 17.0 Å². The standard InChI is InChI=1S/C16H25N3O3/c1-21-12-7-17-16(20)19-10-8-18(9-11-19)13-14-3-5-15(22-2)6-4-14/h3-6H,7-13H2,1-2H3,(H,17,20). The summed E-state index contributed by atoms with van der Waals surface area (Å²) in [4.78, 5) is 16.2. The third-order valence-corrected chi connectivity index (χ3v) is 3.81. The van der Waals surface area contributed by atoms with Crippen LogP contribution in [-0.4, -0.2) is 69.4 Å². The molecule has 0 radical (unpaired) electrons. The number of amides is 2. The molecule has 6 nitrogen and oxygen atoms in total. The molecule has 1 fully saturated rings. The molecular weight excluding hydrogens is 282 g/mol. The smallest absolute Gasteiger partial charge is 0.317 e. The van der Waals surface area contributed by atoms with Gasteiger partial charge in [0, 0.05) is 46.4 Å². The fourth-order valence-electron chi connectivity index (χ4n) is 2.47. The highest BCUT2D eigenvalue weighted by molar-refractivity contribution is 5.74. The SMILES string of the molecule is COCCNC(=O)N1CCN(Cc2ccc(OC)cc2)CC1. The summed E-state index contributed by atoms with van der Waals surface area (Å²) in [5.41, 5.74) is 1.26. The number of nitrogens with zero attached hydrogens (tertiary/aromatic N) is 2. The van der Waals surface area contributed by atoms with Gasteiger partial charge in [0.1, 0.15) is 5.75 Å². The molecule has 0 aliphatic carbocycles. The molecule has 1 aliphatic heterocycles. The zero-order valence-corrected chi connectivity index (χ0v) is 13.4. The minimum absolute atomic E-state index is 0.00106. The Kier molecular flexibility index (Phi) is 6.48. The Bertz CT molecular complexity index is 456. The average Bonchev–Trinajstić information content (AvgIpc) is 2.56. The van der Waals surface area contributed by atoms with Crippen LogP contribution in [0, 0.1) is 0 Å². The maximum atomic E-state index is 11.9. The number of nitrogens with one attached hydrogen (secondary N) is 1. The molecule has 1 aromatic carbocycles. The van der Waals surface area contributed by atoms with Gasteiger partial charge in [-0.1, -0.05) is 12.1 Å². The first-order valence-corrected chi connectivity index (χ1v) is 7.60. The van der Waals surface area contributed by atoms with E-state index in [1.165, 1.54) is 5.56 Å². The summed E-state index contributed by atoms with van der Waals surface area (Å²) in [5, 5.41) is 2.86. The third kappa shape index (κ3) is 4.89. The molecule has 2 rings (SSSR count). The number of piperazine rings is 1. The zero-order chi connectivity index (χ0) is 15.8. The number of hydrogen-bond donors (Lipinski definition) is 1. The molecule has 0 bridgehead atoms. The van der Waals surface area contributed by atoms with E-state index in [0.29, 0.717) is 13.2 Å². The number of hydrogen-bond acceptors (Lipinski definition) is 4. The fourth-order valence-corrected chi connectivity index (χ4v) is 2.47. The molecule has 0 atom stereocenters. The molecule has 6 heteroatoms. The highest BCUT2D eigenvalue weighted by Crippen LogP contribution is 2.14. The summed E-state index contributed by atoms with van der Waals surface area (Å²) in [7, 11) is 3.30. The van der Waals surface area contributed by atoms with Crippen LogP contribution in [0.1, 0.15) is 5.56 Å². The van der Waals surface area contributed by atoms with Crippen molar-refractivity contribution >= 4 is 6.03 Å². The Morgan fingerprint density at radius 3 is 2.41 bits per heavy atom. The van der Waals surface area contributed by atoms with Gasteiger partial charge in [0.2, 0.25) is 0 Å². The summed E-state index contributed by atoms with van der Waals surface area (Å²) in [6.07, 6.45) is 0. The van der Waals surface area contributed by atoms with Crippen molar-refractivity contribution in [1.29, 1.82) is 0 Å². The Balaban J connectivity index is 1.73. The second-order valence-corrected chi connectivity index (χ2v) is 5.34. The van der Waals surface area contributed by atoms with Crippen molar-refractivity contribution in [2.24, 2.45) is 0 Å². The van der Waals surface area contributed by atoms with Crippen LogP contribution >= 0.6 is 0 Å². The minimum atomic E-state index is 0.00106. The van der Waals surface area contributed by atoms with E-state index in [1.54, 1.807) is 14.2 Å². The van der Waals surface area contributed by atoms with Crippen LogP contribution in [0.2, 0.25) is 0 Å². The van der Waals surface area contributed by atoms with Crippen LogP contribution in [0.3, 0.4) is 0 Å². The van der Waals surface area contributed by atoms with Gasteiger partial charge in [0.25, 0.3) is 0 Å². The largest absolute Gasteiger partial charge is 0.497 e. The first kappa shape index (κ1) is 16.6. The van der Waals surface area contributed by atoms with E-state index in [-0.39, 0.29) is 6.03 Å². The molecule has 0 spiro atoms. The number of carbonyl (C=O) groups excluding carboxylic acids is 1. The van der Waals surface area contributed by atoms with Crippen molar-refractivity contribution in [1.82, 2.24) is 15.1 Å². The maximum Gasteiger partial charge on any atom is 0.317 e. The lowest BCUT2D eigenvalue weighted by Crippen LogP contribution is -2.51. The quantitative estimate of drug-likeness (QED) is 0.802. The number of methoxy groups -OCH3 is 2. The molecule has 1 aliphatic rings. The van der Waals surface area contributed by atoms with Crippen molar-refractivity contribution in [3.8, 4) is 5.75 Å². The molecule has 2 amide bonds. The molecule has 0 saturated carbocycles. The molecule has 122 valence electrons. The number of benzene rings is 1. The van der Waals surface area contributed by atoms with Crippen LogP contribution in [0.5, 0.6) is 5.75 Å². The molecule has 1 aromatic rings. The molecule has 1 saturated heterocycles. The first-order chi connectivity index (χ1) is 10.7. The van der Waals surface area contributed by atoms with Crippen LogP contribution in [0.15, 0.2) is 24.3 Å². The maximum absolute atomic E-state index is 11.9. The normalized spacial score (nSPS) is 15.6. The van der Waals surface area contributed by atoms with Crippen LogP contribution < -0.4 is 10.1 Å². The summed E-state index contributed by atoms with van der Waals surface area (Å²) >= 11 is 0. The van der Waals surface area contributed by atoms with E-state index < -0.39 is 0 Å². The number of rotatable bonds is 6. The number of urea groups is 1. The van der Waals surface area contributed by atoms with Crippen LogP contribution in [0.4, 0.5) is 4.79 Å². The molecule has 0 aromatic heterocycles. The topological polar surface area (TPSA) is 54.0 Å². The second kappa shape index (κ2) is 8.60. The summed E-state index contributed by atoms with van der Waals surface area (Å²) in [5.74, 6) is 0.876. The van der Waals surface area contributed by atoms with Crippen molar-refractivity contribution in [2.75, 3.05) is 53.6 Å². The van der Waals surface area contributed by atoms with E-state index in [4.69, 9.17) is 9.47 Å². The van der Waals surface area contributed by atoms with Crippen molar-refractivity contribution < 1.29 is 14.3 Å². The Morgan fingerprint density at radius 1 is 1.14 bits per heavy atom. The molecule has 22 heavy (non-hydrogen) atoms. The van der Waals surface area contributed by atoms with Gasteiger partial charge < -0.3 is 19.7 Å². The van der Waals surface area contributed by atoms with Gasteiger partial charge in [0.05, 0.1) is 13.7 Å².